The summed E-state index contributed by atoms with van der Waals surface area (Å²) in [6, 6.07) is 13.4. The molecule has 0 fully saturated rings. The number of carbonyl (C=O) groups is 1. The van der Waals surface area contributed by atoms with Gasteiger partial charge in [0.05, 0.1) is 6.61 Å². The van der Waals surface area contributed by atoms with Gasteiger partial charge in [-0.15, -0.1) is 0 Å². The van der Waals surface area contributed by atoms with Crippen molar-refractivity contribution in [1.29, 1.82) is 0 Å². The van der Waals surface area contributed by atoms with Gasteiger partial charge in [-0.1, -0.05) is 12.1 Å². The summed E-state index contributed by atoms with van der Waals surface area (Å²) in [4.78, 5) is 12.0. The number of hydrogen-bond acceptors (Lipinski definition) is 3. The Hall–Kier alpha value is -2.49. The maximum absolute atomic E-state index is 12.0. The van der Waals surface area contributed by atoms with Gasteiger partial charge in [-0.25, -0.2) is 0 Å². The molecule has 0 atom stereocenters. The van der Waals surface area contributed by atoms with Crippen LogP contribution in [-0.2, 0) is 17.6 Å². The molecule has 0 aromatic heterocycles. The van der Waals surface area contributed by atoms with E-state index in [2.05, 4.69) is 5.32 Å². The molecule has 0 saturated heterocycles. The summed E-state index contributed by atoms with van der Waals surface area (Å²) in [7, 11) is 0. The van der Waals surface area contributed by atoms with Crippen LogP contribution in [0, 0.1) is 0 Å². The van der Waals surface area contributed by atoms with Crippen LogP contribution < -0.4 is 15.8 Å². The van der Waals surface area contributed by atoms with Crippen LogP contribution in [0.2, 0.25) is 0 Å². The topological polar surface area (TPSA) is 64.4 Å². The Kier molecular flexibility index (Phi) is 3.77. The largest absolute Gasteiger partial charge is 0.493 e. The average Bonchev–Trinajstić information content (AvgIpc) is 2.94. The molecular weight excluding hydrogens is 264 g/mol. The third kappa shape index (κ3) is 3.34. The molecule has 0 bridgehead atoms. The lowest BCUT2D eigenvalue weighted by molar-refractivity contribution is -0.116. The number of nitrogens with two attached hydrogens (primary N) is 1. The standard InChI is InChI=1S/C17H18N2O2/c18-14-4-1-12(2-5-14)3-8-17(20)19-15-6-7-16-13(11-15)9-10-21-16/h1-2,4-7,11H,3,8-10,18H2,(H,19,20). The summed E-state index contributed by atoms with van der Waals surface area (Å²) in [5, 5.41) is 2.93. The van der Waals surface area contributed by atoms with Gasteiger partial charge >= 0.3 is 0 Å². The smallest absolute Gasteiger partial charge is 0.224 e. The minimum atomic E-state index is 0.0192. The van der Waals surface area contributed by atoms with E-state index in [0.717, 1.165) is 41.3 Å². The predicted molar refractivity (Wildman–Crippen MR) is 83.4 cm³/mol. The zero-order valence-electron chi connectivity index (χ0n) is 11.8. The number of nitrogens with one attached hydrogen (secondary N) is 1. The average molecular weight is 282 g/mol. The molecule has 1 heterocycles. The van der Waals surface area contributed by atoms with Crippen molar-refractivity contribution in [3.8, 4) is 5.75 Å². The number of benzene rings is 2. The van der Waals surface area contributed by atoms with Gasteiger partial charge in [0.2, 0.25) is 5.91 Å². The summed E-state index contributed by atoms with van der Waals surface area (Å²) < 4.78 is 5.45. The number of fused-ring (bicyclic) bond motifs is 1. The number of rotatable bonds is 4. The predicted octanol–water partition coefficient (Wildman–Crippen LogP) is 2.78. The Bertz CT molecular complexity index is 650. The number of amides is 1. The Labute approximate surface area is 123 Å². The van der Waals surface area contributed by atoms with E-state index in [1.165, 1.54) is 0 Å². The van der Waals surface area contributed by atoms with Crippen molar-refractivity contribution in [3.05, 3.63) is 53.6 Å². The van der Waals surface area contributed by atoms with Gasteiger partial charge in [-0.2, -0.15) is 0 Å². The van der Waals surface area contributed by atoms with Crippen LogP contribution in [0.5, 0.6) is 5.75 Å². The molecule has 3 N–H and O–H groups in total. The summed E-state index contributed by atoms with van der Waals surface area (Å²) in [6.45, 7) is 0.726. The second-order valence-electron chi connectivity index (χ2n) is 5.21. The van der Waals surface area contributed by atoms with E-state index in [4.69, 9.17) is 10.5 Å². The van der Waals surface area contributed by atoms with Gasteiger partial charge < -0.3 is 15.8 Å². The maximum Gasteiger partial charge on any atom is 0.224 e. The third-order valence-corrected chi connectivity index (χ3v) is 3.59. The molecule has 0 radical (unpaired) electrons. The molecule has 1 aliphatic heterocycles. The fraction of sp³-hybridized carbons (Fsp3) is 0.235. The second kappa shape index (κ2) is 5.87. The molecule has 0 aliphatic carbocycles. The normalized spacial score (nSPS) is 12.6. The lowest BCUT2D eigenvalue weighted by atomic mass is 10.1. The van der Waals surface area contributed by atoms with Crippen LogP contribution in [0.4, 0.5) is 11.4 Å². The molecule has 2 aromatic rings. The van der Waals surface area contributed by atoms with Crippen molar-refractivity contribution in [2.45, 2.75) is 19.3 Å². The zero-order chi connectivity index (χ0) is 14.7. The van der Waals surface area contributed by atoms with Crippen LogP contribution in [0.25, 0.3) is 0 Å². The molecule has 0 unspecified atom stereocenters. The summed E-state index contributed by atoms with van der Waals surface area (Å²) in [5.41, 5.74) is 9.49. The van der Waals surface area contributed by atoms with E-state index in [0.29, 0.717) is 12.8 Å². The van der Waals surface area contributed by atoms with Crippen molar-refractivity contribution in [2.75, 3.05) is 17.7 Å². The second-order valence-corrected chi connectivity index (χ2v) is 5.21. The lowest BCUT2D eigenvalue weighted by Crippen LogP contribution is -2.12. The van der Waals surface area contributed by atoms with Crippen LogP contribution in [0.1, 0.15) is 17.5 Å². The highest BCUT2D eigenvalue weighted by Gasteiger charge is 2.12. The fourth-order valence-electron chi connectivity index (χ4n) is 2.43. The van der Waals surface area contributed by atoms with Crippen molar-refractivity contribution < 1.29 is 9.53 Å². The molecule has 1 amide bonds. The highest BCUT2D eigenvalue weighted by atomic mass is 16.5. The van der Waals surface area contributed by atoms with E-state index < -0.39 is 0 Å². The fourth-order valence-corrected chi connectivity index (χ4v) is 2.43. The zero-order valence-corrected chi connectivity index (χ0v) is 11.8. The van der Waals surface area contributed by atoms with E-state index in [-0.39, 0.29) is 5.91 Å². The van der Waals surface area contributed by atoms with Gasteiger partial charge in [0.15, 0.2) is 0 Å². The Morgan fingerprint density at radius 2 is 2.00 bits per heavy atom. The number of nitrogen functional groups attached to an aromatic ring is 1. The lowest BCUT2D eigenvalue weighted by Gasteiger charge is -2.07. The molecular formula is C17H18N2O2. The van der Waals surface area contributed by atoms with Gasteiger partial charge in [0.25, 0.3) is 0 Å². The first-order chi connectivity index (χ1) is 10.2. The first-order valence-electron chi connectivity index (χ1n) is 7.11. The Balaban J connectivity index is 1.55. The molecule has 0 spiro atoms. The van der Waals surface area contributed by atoms with E-state index in [9.17, 15) is 4.79 Å². The number of ether oxygens (including phenoxy) is 1. The number of aryl methyl sites for hydroxylation is 1. The highest BCUT2D eigenvalue weighted by Crippen LogP contribution is 2.27. The monoisotopic (exact) mass is 282 g/mol. The first kappa shape index (κ1) is 13.5. The van der Waals surface area contributed by atoms with Crippen LogP contribution in [-0.4, -0.2) is 12.5 Å². The van der Waals surface area contributed by atoms with Crippen molar-refractivity contribution in [1.82, 2.24) is 0 Å². The van der Waals surface area contributed by atoms with Crippen LogP contribution in [0.3, 0.4) is 0 Å². The quantitative estimate of drug-likeness (QED) is 0.847. The number of anilines is 2. The summed E-state index contributed by atoms with van der Waals surface area (Å²) in [6.07, 6.45) is 2.07. The van der Waals surface area contributed by atoms with Gasteiger partial charge in [0, 0.05) is 24.2 Å². The van der Waals surface area contributed by atoms with Gasteiger partial charge in [-0.3, -0.25) is 4.79 Å². The van der Waals surface area contributed by atoms with Crippen molar-refractivity contribution >= 4 is 17.3 Å². The van der Waals surface area contributed by atoms with E-state index in [1.54, 1.807) is 0 Å². The molecule has 2 aromatic carbocycles. The van der Waals surface area contributed by atoms with E-state index >= 15 is 0 Å². The third-order valence-electron chi connectivity index (χ3n) is 3.59. The molecule has 4 nitrogen and oxygen atoms in total. The summed E-state index contributed by atoms with van der Waals surface area (Å²) >= 11 is 0. The molecule has 4 heteroatoms. The maximum atomic E-state index is 12.0. The summed E-state index contributed by atoms with van der Waals surface area (Å²) in [5.74, 6) is 0.945. The molecule has 1 aliphatic rings. The molecule has 0 saturated carbocycles. The highest BCUT2D eigenvalue weighted by molar-refractivity contribution is 5.91. The molecule has 108 valence electrons. The SMILES string of the molecule is Nc1ccc(CCC(=O)Nc2ccc3c(c2)CCO3)cc1. The Morgan fingerprint density at radius 1 is 1.19 bits per heavy atom. The molecule has 21 heavy (non-hydrogen) atoms. The van der Waals surface area contributed by atoms with Crippen LogP contribution in [0.15, 0.2) is 42.5 Å². The molecule has 3 rings (SSSR count). The van der Waals surface area contributed by atoms with Crippen LogP contribution >= 0.6 is 0 Å². The van der Waals surface area contributed by atoms with Gasteiger partial charge in [-0.05, 0) is 47.9 Å². The number of hydrogen-bond donors (Lipinski definition) is 2. The Morgan fingerprint density at radius 3 is 2.81 bits per heavy atom. The van der Waals surface area contributed by atoms with Crippen molar-refractivity contribution in [2.24, 2.45) is 0 Å². The van der Waals surface area contributed by atoms with E-state index in [1.807, 2.05) is 42.5 Å². The van der Waals surface area contributed by atoms with Crippen molar-refractivity contribution in [3.63, 3.8) is 0 Å². The number of carbonyl (C=O) groups excluding carboxylic acids is 1. The minimum Gasteiger partial charge on any atom is -0.493 e. The first-order valence-corrected chi connectivity index (χ1v) is 7.11. The minimum absolute atomic E-state index is 0.0192. The van der Waals surface area contributed by atoms with Gasteiger partial charge in [0.1, 0.15) is 5.75 Å².